The molecule has 1 fully saturated rings. The Balaban J connectivity index is 1.79. The van der Waals surface area contributed by atoms with Crippen molar-refractivity contribution < 1.29 is 4.74 Å². The van der Waals surface area contributed by atoms with Crippen LogP contribution in [0.3, 0.4) is 0 Å². The van der Waals surface area contributed by atoms with Crippen LogP contribution in [0.1, 0.15) is 12.8 Å². The molecule has 1 aliphatic rings. The van der Waals surface area contributed by atoms with Gasteiger partial charge in [0.2, 0.25) is 0 Å². The van der Waals surface area contributed by atoms with Crippen LogP contribution in [0.5, 0.6) is 0 Å². The van der Waals surface area contributed by atoms with Crippen molar-refractivity contribution in [3.05, 3.63) is 30.6 Å². The Morgan fingerprint density at radius 1 is 1.29 bits per heavy atom. The first-order chi connectivity index (χ1) is 8.43. The number of ether oxygens (including phenoxy) is 1. The maximum Gasteiger partial charge on any atom is 0.137 e. The number of nitrogens with one attached hydrogen (secondary N) is 1. The SMILES string of the molecule is c1ccc2c(NC[C@H]3CCCO3)ncnc2c1. The molecule has 1 saturated heterocycles. The molecule has 17 heavy (non-hydrogen) atoms. The minimum atomic E-state index is 0.323. The van der Waals surface area contributed by atoms with Crippen molar-refractivity contribution in [3.63, 3.8) is 0 Å². The monoisotopic (exact) mass is 229 g/mol. The molecule has 1 aromatic carbocycles. The van der Waals surface area contributed by atoms with E-state index in [4.69, 9.17) is 4.74 Å². The molecule has 0 saturated carbocycles. The first-order valence-corrected chi connectivity index (χ1v) is 5.99. The number of nitrogens with zero attached hydrogens (tertiary/aromatic N) is 2. The van der Waals surface area contributed by atoms with Crippen molar-refractivity contribution in [2.75, 3.05) is 18.5 Å². The molecule has 2 aromatic rings. The topological polar surface area (TPSA) is 47.0 Å². The lowest BCUT2D eigenvalue weighted by Gasteiger charge is -2.12. The van der Waals surface area contributed by atoms with Crippen LogP contribution >= 0.6 is 0 Å². The van der Waals surface area contributed by atoms with Crippen LogP contribution in [0, 0.1) is 0 Å². The number of rotatable bonds is 3. The molecule has 4 nitrogen and oxygen atoms in total. The molecule has 0 aliphatic carbocycles. The minimum absolute atomic E-state index is 0.323. The normalized spacial score (nSPS) is 19.6. The van der Waals surface area contributed by atoms with Gasteiger partial charge in [0.15, 0.2) is 0 Å². The standard InChI is InChI=1S/C13H15N3O/c1-2-6-12-11(5-1)13(16-9-15-12)14-8-10-4-3-7-17-10/h1-2,5-6,9-10H,3-4,7-8H2,(H,14,15,16)/t10-/m1/s1. The summed E-state index contributed by atoms with van der Waals surface area (Å²) in [5.41, 5.74) is 0.970. The summed E-state index contributed by atoms with van der Waals surface area (Å²) in [5.74, 6) is 0.895. The van der Waals surface area contributed by atoms with Crippen molar-refractivity contribution >= 4 is 16.7 Å². The van der Waals surface area contributed by atoms with E-state index in [1.165, 1.54) is 0 Å². The van der Waals surface area contributed by atoms with Gasteiger partial charge in [-0.25, -0.2) is 9.97 Å². The first-order valence-electron chi connectivity index (χ1n) is 5.99. The average Bonchev–Trinajstić information content (AvgIpc) is 2.89. The van der Waals surface area contributed by atoms with E-state index in [0.29, 0.717) is 6.10 Å². The molecular formula is C13H15N3O. The van der Waals surface area contributed by atoms with Gasteiger partial charge in [0.25, 0.3) is 0 Å². The molecule has 1 aliphatic heterocycles. The van der Waals surface area contributed by atoms with Crippen LogP contribution in [0.15, 0.2) is 30.6 Å². The smallest absolute Gasteiger partial charge is 0.137 e. The summed E-state index contributed by atoms with van der Waals surface area (Å²) in [5, 5.41) is 4.42. The maximum atomic E-state index is 5.58. The Kier molecular flexibility index (Phi) is 2.88. The van der Waals surface area contributed by atoms with Gasteiger partial charge in [-0.3, -0.25) is 0 Å². The first kappa shape index (κ1) is 10.5. The zero-order chi connectivity index (χ0) is 11.5. The molecule has 1 atom stereocenters. The summed E-state index contributed by atoms with van der Waals surface area (Å²) in [4.78, 5) is 8.53. The molecular weight excluding hydrogens is 214 g/mol. The fourth-order valence-electron chi connectivity index (χ4n) is 2.16. The second-order valence-corrected chi connectivity index (χ2v) is 4.26. The molecule has 88 valence electrons. The van der Waals surface area contributed by atoms with E-state index in [2.05, 4.69) is 15.3 Å². The predicted molar refractivity (Wildman–Crippen MR) is 67.0 cm³/mol. The molecule has 2 heterocycles. The number of hydrogen-bond acceptors (Lipinski definition) is 4. The van der Waals surface area contributed by atoms with E-state index in [0.717, 1.165) is 42.7 Å². The quantitative estimate of drug-likeness (QED) is 0.876. The lowest BCUT2D eigenvalue weighted by atomic mass is 10.2. The summed E-state index contributed by atoms with van der Waals surface area (Å²) in [6.07, 6.45) is 4.22. The van der Waals surface area contributed by atoms with Crippen molar-refractivity contribution in [2.24, 2.45) is 0 Å². The average molecular weight is 229 g/mol. The Hall–Kier alpha value is -1.68. The second-order valence-electron chi connectivity index (χ2n) is 4.26. The highest BCUT2D eigenvalue weighted by Crippen LogP contribution is 2.19. The van der Waals surface area contributed by atoms with Crippen LogP contribution in [0.4, 0.5) is 5.82 Å². The second kappa shape index (κ2) is 4.67. The zero-order valence-electron chi connectivity index (χ0n) is 9.60. The van der Waals surface area contributed by atoms with Gasteiger partial charge in [0, 0.05) is 18.5 Å². The highest BCUT2D eigenvalue weighted by molar-refractivity contribution is 5.88. The molecule has 0 unspecified atom stereocenters. The minimum Gasteiger partial charge on any atom is -0.376 e. The molecule has 0 amide bonds. The molecule has 4 heteroatoms. The highest BCUT2D eigenvalue weighted by atomic mass is 16.5. The van der Waals surface area contributed by atoms with Gasteiger partial charge in [0.05, 0.1) is 11.6 Å². The summed E-state index contributed by atoms with van der Waals surface area (Å²) in [7, 11) is 0. The number of anilines is 1. The lowest BCUT2D eigenvalue weighted by Crippen LogP contribution is -2.19. The highest BCUT2D eigenvalue weighted by Gasteiger charge is 2.15. The summed E-state index contributed by atoms with van der Waals surface area (Å²) in [6, 6.07) is 8.02. The third-order valence-electron chi connectivity index (χ3n) is 3.06. The molecule has 0 spiro atoms. The fraction of sp³-hybridized carbons (Fsp3) is 0.385. The molecule has 1 aromatic heterocycles. The number of benzene rings is 1. The van der Waals surface area contributed by atoms with Gasteiger partial charge in [-0.1, -0.05) is 12.1 Å². The zero-order valence-corrected chi connectivity index (χ0v) is 9.60. The van der Waals surface area contributed by atoms with Crippen LogP contribution in [0.25, 0.3) is 10.9 Å². The van der Waals surface area contributed by atoms with Gasteiger partial charge in [-0.15, -0.1) is 0 Å². The predicted octanol–water partition coefficient (Wildman–Crippen LogP) is 2.22. The third-order valence-corrected chi connectivity index (χ3v) is 3.06. The van der Waals surface area contributed by atoms with Gasteiger partial charge in [-0.2, -0.15) is 0 Å². The lowest BCUT2D eigenvalue weighted by molar-refractivity contribution is 0.120. The number of para-hydroxylation sites is 1. The Bertz CT molecular complexity index is 503. The Morgan fingerprint density at radius 2 is 2.24 bits per heavy atom. The van der Waals surface area contributed by atoms with Crippen LogP contribution < -0.4 is 5.32 Å². The van der Waals surface area contributed by atoms with E-state index in [1.54, 1.807) is 6.33 Å². The largest absolute Gasteiger partial charge is 0.376 e. The number of aromatic nitrogens is 2. The van der Waals surface area contributed by atoms with Crippen molar-refractivity contribution in [3.8, 4) is 0 Å². The maximum absolute atomic E-state index is 5.58. The molecule has 0 bridgehead atoms. The van der Waals surface area contributed by atoms with E-state index in [1.807, 2.05) is 24.3 Å². The Morgan fingerprint density at radius 3 is 3.12 bits per heavy atom. The van der Waals surface area contributed by atoms with E-state index in [9.17, 15) is 0 Å². The molecule has 1 N–H and O–H groups in total. The number of hydrogen-bond donors (Lipinski definition) is 1. The fourth-order valence-corrected chi connectivity index (χ4v) is 2.16. The van der Waals surface area contributed by atoms with Crippen molar-refractivity contribution in [2.45, 2.75) is 18.9 Å². The molecule has 0 radical (unpaired) electrons. The van der Waals surface area contributed by atoms with E-state index in [-0.39, 0.29) is 0 Å². The number of fused-ring (bicyclic) bond motifs is 1. The summed E-state index contributed by atoms with van der Waals surface area (Å²) < 4.78 is 5.58. The molecule has 3 rings (SSSR count). The van der Waals surface area contributed by atoms with E-state index >= 15 is 0 Å². The van der Waals surface area contributed by atoms with Crippen LogP contribution in [-0.2, 0) is 4.74 Å². The van der Waals surface area contributed by atoms with Gasteiger partial charge in [-0.05, 0) is 25.0 Å². The summed E-state index contributed by atoms with van der Waals surface area (Å²) >= 11 is 0. The van der Waals surface area contributed by atoms with Crippen molar-refractivity contribution in [1.82, 2.24) is 9.97 Å². The van der Waals surface area contributed by atoms with Gasteiger partial charge >= 0.3 is 0 Å². The van der Waals surface area contributed by atoms with Crippen LogP contribution in [0.2, 0.25) is 0 Å². The van der Waals surface area contributed by atoms with Crippen molar-refractivity contribution in [1.29, 1.82) is 0 Å². The van der Waals surface area contributed by atoms with Crippen LogP contribution in [-0.4, -0.2) is 29.2 Å². The third kappa shape index (κ3) is 2.22. The van der Waals surface area contributed by atoms with Gasteiger partial charge in [0.1, 0.15) is 12.1 Å². The summed E-state index contributed by atoms with van der Waals surface area (Å²) in [6.45, 7) is 1.71. The van der Waals surface area contributed by atoms with Gasteiger partial charge < -0.3 is 10.1 Å². The Labute approximate surface area is 100 Å². The van der Waals surface area contributed by atoms with E-state index < -0.39 is 0 Å².